The molecular formula is C51H88NO12P. The summed E-state index contributed by atoms with van der Waals surface area (Å²) in [6, 6.07) is 0.664. The first-order valence-electron chi connectivity index (χ1n) is 25.4. The molecule has 374 valence electrons. The van der Waals surface area contributed by atoms with Crippen LogP contribution in [0.25, 0.3) is 0 Å². The molecule has 0 spiro atoms. The van der Waals surface area contributed by atoms with Crippen LogP contribution in [0.2, 0.25) is 0 Å². The highest BCUT2D eigenvalue weighted by molar-refractivity contribution is 7.47. The van der Waals surface area contributed by atoms with Gasteiger partial charge in [0.15, 0.2) is 6.10 Å². The zero-order chi connectivity index (χ0) is 47.7. The predicted molar refractivity (Wildman–Crippen MR) is 256 cm³/mol. The van der Waals surface area contributed by atoms with Gasteiger partial charge in [-0.3, -0.25) is 23.4 Å². The largest absolute Gasteiger partial charge is 0.480 e. The second-order valence-electron chi connectivity index (χ2n) is 18.1. The molecule has 0 aliphatic rings. The maximum Gasteiger partial charge on any atom is 0.472 e. The monoisotopic (exact) mass is 938 g/mol. The van der Waals surface area contributed by atoms with E-state index in [1.807, 2.05) is 0 Å². The van der Waals surface area contributed by atoms with Gasteiger partial charge in [0.25, 0.3) is 0 Å². The number of carboxylic acid groups (broad SMARTS) is 1. The summed E-state index contributed by atoms with van der Waals surface area (Å²) in [7, 11) is -4.74. The van der Waals surface area contributed by atoms with Gasteiger partial charge in [0, 0.05) is 38.5 Å². The molecule has 2 aromatic rings. The molecule has 0 aliphatic heterocycles. The minimum Gasteiger partial charge on any atom is -0.480 e. The van der Waals surface area contributed by atoms with Crippen molar-refractivity contribution in [3.63, 3.8) is 0 Å². The van der Waals surface area contributed by atoms with Crippen LogP contribution in [0.5, 0.6) is 0 Å². The third-order valence-corrected chi connectivity index (χ3v) is 13.2. The summed E-state index contributed by atoms with van der Waals surface area (Å²) in [5.74, 6) is 2.17. The third kappa shape index (κ3) is 27.5. The molecule has 4 N–H and O–H groups in total. The molecule has 0 fully saturated rings. The molecule has 0 saturated heterocycles. The fourth-order valence-corrected chi connectivity index (χ4v) is 8.69. The van der Waals surface area contributed by atoms with Gasteiger partial charge in [-0.25, -0.2) is 4.57 Å². The zero-order valence-corrected chi connectivity index (χ0v) is 42.0. The molecule has 65 heavy (non-hydrogen) atoms. The number of unbranched alkanes of at least 4 members (excludes halogenated alkanes) is 20. The van der Waals surface area contributed by atoms with Crippen molar-refractivity contribution >= 4 is 25.7 Å². The highest BCUT2D eigenvalue weighted by Crippen LogP contribution is 2.43. The van der Waals surface area contributed by atoms with Crippen molar-refractivity contribution < 1.29 is 56.3 Å². The molecule has 13 nitrogen and oxygen atoms in total. The summed E-state index contributed by atoms with van der Waals surface area (Å²) in [5, 5.41) is 8.94. The molecule has 0 bridgehead atoms. The minimum absolute atomic E-state index is 0.143. The summed E-state index contributed by atoms with van der Waals surface area (Å²) < 4.78 is 45.3. The Balaban J connectivity index is 1.61. The standard InChI is InChI=1S/C51H88NO12P/c1-6-8-24-30-43-36-40(3)46(62-43)31-26-20-16-14-15-18-22-28-34-49(53)59-37-44(38-60-65(57,58)61-39-45(52)51(55)56)63-50(54)35-29-23-19-13-11-10-12-17-21-27-33-48-42(5)41(4)47(64-48)32-25-9-7-2/h36,44-45H,6-35,37-39,52H2,1-5H3,(H,55,56)(H,57,58). The second kappa shape index (κ2) is 35.2. The Morgan fingerprint density at radius 3 is 1.52 bits per heavy atom. The number of phosphoric ester groups is 1. The van der Waals surface area contributed by atoms with Crippen LogP contribution in [-0.4, -0.2) is 59.9 Å². The van der Waals surface area contributed by atoms with Crippen LogP contribution in [0.3, 0.4) is 0 Å². The molecule has 0 saturated carbocycles. The van der Waals surface area contributed by atoms with Crippen molar-refractivity contribution in [2.75, 3.05) is 19.8 Å². The normalized spacial score (nSPS) is 13.5. The quantitative estimate of drug-likeness (QED) is 0.0323. The number of hydrogen-bond acceptors (Lipinski definition) is 11. The van der Waals surface area contributed by atoms with E-state index in [1.165, 1.54) is 98.8 Å². The Kier molecular flexibility index (Phi) is 31.5. The SMILES string of the molecule is CCCCCc1cc(C)c(CCCCCCCCCCC(=O)OCC(COP(=O)(O)OCC(N)C(=O)O)OC(=O)CCCCCCCCCCCCc2oc(CCCCC)c(C)c2C)o1. The second-order valence-corrected chi connectivity index (χ2v) is 19.5. The molecule has 3 atom stereocenters. The topological polar surface area (TPSA) is 198 Å². The van der Waals surface area contributed by atoms with Crippen LogP contribution in [0, 0.1) is 20.8 Å². The van der Waals surface area contributed by atoms with Crippen molar-refractivity contribution in [2.45, 2.75) is 239 Å². The lowest BCUT2D eigenvalue weighted by Gasteiger charge is -2.20. The molecule has 0 aliphatic carbocycles. The van der Waals surface area contributed by atoms with E-state index in [2.05, 4.69) is 40.7 Å². The molecular weight excluding hydrogens is 850 g/mol. The van der Waals surface area contributed by atoms with Crippen molar-refractivity contribution in [1.82, 2.24) is 0 Å². The third-order valence-electron chi connectivity index (χ3n) is 12.2. The van der Waals surface area contributed by atoms with Gasteiger partial charge in [-0.15, -0.1) is 0 Å². The summed E-state index contributed by atoms with van der Waals surface area (Å²) >= 11 is 0. The first-order valence-corrected chi connectivity index (χ1v) is 26.9. The summed E-state index contributed by atoms with van der Waals surface area (Å²) in [6.07, 6.45) is 29.5. The number of esters is 2. The number of ether oxygens (including phenoxy) is 2. The van der Waals surface area contributed by atoms with Gasteiger partial charge in [-0.1, -0.05) is 129 Å². The van der Waals surface area contributed by atoms with Crippen LogP contribution >= 0.6 is 7.82 Å². The number of nitrogens with two attached hydrogens (primary N) is 1. The Morgan fingerprint density at radius 1 is 0.585 bits per heavy atom. The van der Waals surface area contributed by atoms with E-state index >= 15 is 0 Å². The molecule has 0 aromatic carbocycles. The summed E-state index contributed by atoms with van der Waals surface area (Å²) in [4.78, 5) is 46.4. The molecule has 14 heteroatoms. The highest BCUT2D eigenvalue weighted by Gasteiger charge is 2.28. The maximum absolute atomic E-state index is 12.8. The highest BCUT2D eigenvalue weighted by atomic mass is 31.2. The van der Waals surface area contributed by atoms with Crippen LogP contribution in [0.15, 0.2) is 14.9 Å². The average molecular weight is 938 g/mol. The average Bonchev–Trinajstić information content (AvgIpc) is 3.77. The number of aryl methyl sites for hydroxylation is 5. The number of rotatable bonds is 42. The smallest absolute Gasteiger partial charge is 0.472 e. The number of carboxylic acids is 1. The van der Waals surface area contributed by atoms with E-state index in [1.54, 1.807) is 0 Å². The molecule has 2 aromatic heterocycles. The Hall–Kier alpha value is -2.96. The molecule has 3 unspecified atom stereocenters. The number of furan rings is 2. The van der Waals surface area contributed by atoms with Crippen molar-refractivity contribution in [1.29, 1.82) is 0 Å². The van der Waals surface area contributed by atoms with E-state index < -0.39 is 51.1 Å². The van der Waals surface area contributed by atoms with Crippen molar-refractivity contribution in [3.05, 3.63) is 45.8 Å². The van der Waals surface area contributed by atoms with Crippen LogP contribution in [-0.2, 0) is 63.2 Å². The van der Waals surface area contributed by atoms with Crippen LogP contribution in [0.4, 0.5) is 0 Å². The fraction of sp³-hybridized carbons (Fsp3) is 0.784. The van der Waals surface area contributed by atoms with E-state index in [4.69, 9.17) is 38.2 Å². The number of aliphatic carboxylic acids is 1. The van der Waals surface area contributed by atoms with Gasteiger partial charge in [0.2, 0.25) is 0 Å². The van der Waals surface area contributed by atoms with Gasteiger partial charge in [-0.05, 0) is 82.1 Å². The minimum atomic E-state index is -4.74. The number of carbonyl (C=O) groups is 3. The molecule has 2 rings (SSSR count). The summed E-state index contributed by atoms with van der Waals surface area (Å²) in [6.45, 7) is 9.23. The first kappa shape index (κ1) is 58.2. The fourth-order valence-electron chi connectivity index (χ4n) is 7.91. The van der Waals surface area contributed by atoms with Gasteiger partial charge < -0.3 is 34.0 Å². The van der Waals surface area contributed by atoms with Gasteiger partial charge >= 0.3 is 25.7 Å². The zero-order valence-electron chi connectivity index (χ0n) is 41.1. The molecule has 0 radical (unpaired) electrons. The lowest BCUT2D eigenvalue weighted by Crippen LogP contribution is -2.34. The van der Waals surface area contributed by atoms with E-state index in [0.29, 0.717) is 12.8 Å². The molecule has 0 amide bonds. The van der Waals surface area contributed by atoms with Gasteiger partial charge in [-0.2, -0.15) is 0 Å². The Labute approximate surface area is 391 Å². The predicted octanol–water partition coefficient (Wildman–Crippen LogP) is 12.9. The lowest BCUT2D eigenvalue weighted by molar-refractivity contribution is -0.161. The van der Waals surface area contributed by atoms with Crippen LogP contribution < -0.4 is 5.73 Å². The Bertz CT molecular complexity index is 1640. The van der Waals surface area contributed by atoms with E-state index in [-0.39, 0.29) is 19.4 Å². The summed E-state index contributed by atoms with van der Waals surface area (Å²) in [5.41, 5.74) is 9.28. The first-order chi connectivity index (χ1) is 31.3. The number of carbonyl (C=O) groups excluding carboxylic acids is 2. The number of hydrogen-bond donors (Lipinski definition) is 3. The van der Waals surface area contributed by atoms with Crippen molar-refractivity contribution in [3.8, 4) is 0 Å². The lowest BCUT2D eigenvalue weighted by atomic mass is 10.0. The number of phosphoric acid groups is 1. The van der Waals surface area contributed by atoms with Gasteiger partial charge in [0.05, 0.1) is 13.2 Å². The van der Waals surface area contributed by atoms with Gasteiger partial charge in [0.1, 0.15) is 35.7 Å². The Morgan fingerprint density at radius 2 is 1.02 bits per heavy atom. The maximum atomic E-state index is 12.8. The van der Waals surface area contributed by atoms with E-state index in [0.717, 1.165) is 108 Å². The van der Waals surface area contributed by atoms with Crippen LogP contribution in [0.1, 0.15) is 221 Å². The molecule has 2 heterocycles. The van der Waals surface area contributed by atoms with Crippen molar-refractivity contribution in [2.24, 2.45) is 5.73 Å². The van der Waals surface area contributed by atoms with E-state index in [9.17, 15) is 23.8 Å².